The molecule has 2 aromatic carbocycles. The first-order valence-corrected chi connectivity index (χ1v) is 10.3. The molecule has 1 aliphatic rings. The summed E-state index contributed by atoms with van der Waals surface area (Å²) in [6, 6.07) is 5.60. The summed E-state index contributed by atoms with van der Waals surface area (Å²) in [5, 5.41) is 32.0. The lowest BCUT2D eigenvalue weighted by Gasteiger charge is -2.32. The number of nitrogens with one attached hydrogen (secondary N) is 1. The predicted octanol–water partition coefficient (Wildman–Crippen LogP) is 2.87. The van der Waals surface area contributed by atoms with Gasteiger partial charge in [-0.1, -0.05) is 11.6 Å². The van der Waals surface area contributed by atoms with Crippen molar-refractivity contribution in [2.45, 2.75) is 32.7 Å². The van der Waals surface area contributed by atoms with Gasteiger partial charge in [-0.2, -0.15) is 0 Å². The Balaban J connectivity index is 1.49. The van der Waals surface area contributed by atoms with Crippen LogP contribution in [0.1, 0.15) is 34.3 Å². The molecule has 0 saturated carbocycles. The van der Waals surface area contributed by atoms with Crippen LogP contribution in [0.5, 0.6) is 23.0 Å². The molecule has 0 aliphatic carbocycles. The number of hydrogen-bond acceptors (Lipinski definition) is 6. The normalized spacial score (nSPS) is 14.4. The van der Waals surface area contributed by atoms with Gasteiger partial charge in [-0.15, -0.1) is 0 Å². The maximum absolute atomic E-state index is 12.5. The maximum atomic E-state index is 12.5. The van der Waals surface area contributed by atoms with Crippen molar-refractivity contribution in [1.82, 2.24) is 10.2 Å². The number of aryl methyl sites for hydroxylation is 2. The molecule has 0 spiro atoms. The number of piperidine rings is 1. The minimum atomic E-state index is -0.672. The monoisotopic (exact) mass is 448 g/mol. The molecular weight excluding hydrogens is 424 g/mol. The van der Waals surface area contributed by atoms with E-state index in [9.17, 15) is 24.9 Å². The number of amides is 2. The Labute approximate surface area is 185 Å². The van der Waals surface area contributed by atoms with Gasteiger partial charge in [-0.3, -0.25) is 9.59 Å². The molecule has 1 fully saturated rings. The molecule has 0 unspecified atom stereocenters. The second kappa shape index (κ2) is 9.34. The van der Waals surface area contributed by atoms with Gasteiger partial charge in [0, 0.05) is 29.7 Å². The average Bonchev–Trinajstić information content (AvgIpc) is 2.74. The first-order chi connectivity index (χ1) is 14.7. The molecule has 0 atom stereocenters. The van der Waals surface area contributed by atoms with Gasteiger partial charge in [-0.25, -0.2) is 0 Å². The minimum Gasteiger partial charge on any atom is -0.504 e. The molecule has 8 nitrogen and oxygen atoms in total. The number of hydrogen-bond donors (Lipinski definition) is 4. The highest BCUT2D eigenvalue weighted by Crippen LogP contribution is 2.35. The third-order valence-electron chi connectivity index (χ3n) is 5.29. The van der Waals surface area contributed by atoms with Gasteiger partial charge in [0.25, 0.3) is 11.8 Å². The van der Waals surface area contributed by atoms with Gasteiger partial charge in [0.1, 0.15) is 5.75 Å². The standard InChI is InChI=1S/C22H25ClN2O6/c1-12-7-16(8-13(2)20(12)23)31-11-19(28)25-5-3-15(4-6-25)24-22(30)14-9-17(26)21(29)18(27)10-14/h7-10,15,26-27,29H,3-6,11H2,1-2H3,(H,24,30). The van der Waals surface area contributed by atoms with Gasteiger partial charge in [-0.05, 0) is 62.1 Å². The number of rotatable bonds is 5. The highest BCUT2D eigenvalue weighted by atomic mass is 35.5. The smallest absolute Gasteiger partial charge is 0.260 e. The largest absolute Gasteiger partial charge is 0.504 e. The lowest BCUT2D eigenvalue weighted by Crippen LogP contribution is -2.47. The van der Waals surface area contributed by atoms with Gasteiger partial charge in [0.05, 0.1) is 0 Å². The van der Waals surface area contributed by atoms with E-state index in [1.807, 2.05) is 13.8 Å². The zero-order chi connectivity index (χ0) is 22.7. The van der Waals surface area contributed by atoms with Gasteiger partial charge in [0.15, 0.2) is 23.9 Å². The molecule has 31 heavy (non-hydrogen) atoms. The van der Waals surface area contributed by atoms with Gasteiger partial charge >= 0.3 is 0 Å². The van der Waals surface area contributed by atoms with E-state index in [4.69, 9.17) is 16.3 Å². The van der Waals surface area contributed by atoms with Gasteiger partial charge < -0.3 is 30.3 Å². The van der Waals surface area contributed by atoms with Crippen molar-refractivity contribution in [3.8, 4) is 23.0 Å². The molecule has 1 saturated heterocycles. The van der Waals surface area contributed by atoms with E-state index in [2.05, 4.69) is 5.32 Å². The van der Waals surface area contributed by atoms with Crippen LogP contribution in [0.4, 0.5) is 0 Å². The second-order valence-corrected chi connectivity index (χ2v) is 8.03. The highest BCUT2D eigenvalue weighted by Gasteiger charge is 2.25. The average molecular weight is 449 g/mol. The van der Waals surface area contributed by atoms with E-state index < -0.39 is 23.2 Å². The Kier molecular flexibility index (Phi) is 6.80. The number of benzene rings is 2. The van der Waals surface area contributed by atoms with E-state index in [-0.39, 0.29) is 24.1 Å². The van der Waals surface area contributed by atoms with Crippen LogP contribution in [-0.4, -0.2) is 57.8 Å². The van der Waals surface area contributed by atoms with E-state index in [1.165, 1.54) is 0 Å². The Bertz CT molecular complexity index is 955. The molecular formula is C22H25ClN2O6. The Morgan fingerprint density at radius 2 is 1.61 bits per heavy atom. The quantitative estimate of drug-likeness (QED) is 0.522. The fourth-order valence-electron chi connectivity index (χ4n) is 3.50. The SMILES string of the molecule is Cc1cc(OCC(=O)N2CCC(NC(=O)c3cc(O)c(O)c(O)c3)CC2)cc(C)c1Cl. The van der Waals surface area contributed by atoms with Crippen molar-refractivity contribution in [3.63, 3.8) is 0 Å². The van der Waals surface area contributed by atoms with E-state index in [0.29, 0.717) is 36.7 Å². The van der Waals surface area contributed by atoms with Crippen LogP contribution in [0, 0.1) is 13.8 Å². The molecule has 2 aromatic rings. The number of likely N-dealkylation sites (tertiary alicyclic amines) is 1. The lowest BCUT2D eigenvalue weighted by atomic mass is 10.0. The Morgan fingerprint density at radius 3 is 2.16 bits per heavy atom. The summed E-state index contributed by atoms with van der Waals surface area (Å²) in [6.45, 7) is 4.62. The summed E-state index contributed by atoms with van der Waals surface area (Å²) in [5.74, 6) is -1.84. The summed E-state index contributed by atoms with van der Waals surface area (Å²) < 4.78 is 5.63. The van der Waals surface area contributed by atoms with Crippen LogP contribution < -0.4 is 10.1 Å². The first kappa shape index (κ1) is 22.6. The van der Waals surface area contributed by atoms with E-state index in [1.54, 1.807) is 17.0 Å². The summed E-state index contributed by atoms with van der Waals surface area (Å²) >= 11 is 6.15. The molecule has 2 amide bonds. The minimum absolute atomic E-state index is 0.0354. The molecule has 0 aromatic heterocycles. The molecule has 166 valence electrons. The van der Waals surface area contributed by atoms with Crippen molar-refractivity contribution in [3.05, 3.63) is 46.0 Å². The fourth-order valence-corrected chi connectivity index (χ4v) is 3.61. The fraction of sp³-hybridized carbons (Fsp3) is 0.364. The molecule has 1 aliphatic heterocycles. The molecule has 3 rings (SSSR count). The van der Waals surface area contributed by atoms with Crippen LogP contribution in [0.25, 0.3) is 0 Å². The van der Waals surface area contributed by atoms with E-state index >= 15 is 0 Å². The number of carbonyl (C=O) groups excluding carboxylic acids is 2. The number of carbonyl (C=O) groups is 2. The number of nitrogens with zero attached hydrogens (tertiary/aromatic N) is 1. The Morgan fingerprint density at radius 1 is 1.06 bits per heavy atom. The molecule has 1 heterocycles. The van der Waals surface area contributed by atoms with Crippen molar-refractivity contribution in [2.75, 3.05) is 19.7 Å². The number of ether oxygens (including phenoxy) is 1. The van der Waals surface area contributed by atoms with Crippen molar-refractivity contribution < 1.29 is 29.6 Å². The van der Waals surface area contributed by atoms with Crippen molar-refractivity contribution in [1.29, 1.82) is 0 Å². The molecule has 0 bridgehead atoms. The summed E-state index contributed by atoms with van der Waals surface area (Å²) in [4.78, 5) is 26.5. The zero-order valence-corrected chi connectivity index (χ0v) is 18.1. The number of phenolic OH excluding ortho intramolecular Hbond substituents is 3. The van der Waals surface area contributed by atoms with Crippen LogP contribution in [0.3, 0.4) is 0 Å². The van der Waals surface area contributed by atoms with E-state index in [0.717, 1.165) is 23.3 Å². The van der Waals surface area contributed by atoms with Crippen molar-refractivity contribution in [2.24, 2.45) is 0 Å². The predicted molar refractivity (Wildman–Crippen MR) is 115 cm³/mol. The first-order valence-electron chi connectivity index (χ1n) is 9.89. The molecule has 9 heteroatoms. The second-order valence-electron chi connectivity index (χ2n) is 7.65. The molecule has 0 radical (unpaired) electrons. The summed E-state index contributed by atoms with van der Waals surface area (Å²) in [7, 11) is 0. The third kappa shape index (κ3) is 5.32. The van der Waals surface area contributed by atoms with Gasteiger partial charge in [0.2, 0.25) is 0 Å². The van der Waals surface area contributed by atoms with Crippen LogP contribution in [-0.2, 0) is 4.79 Å². The topological polar surface area (TPSA) is 119 Å². The zero-order valence-electron chi connectivity index (χ0n) is 17.3. The van der Waals surface area contributed by atoms with Crippen LogP contribution >= 0.6 is 11.6 Å². The maximum Gasteiger partial charge on any atom is 0.260 e. The number of aromatic hydroxyl groups is 3. The highest BCUT2D eigenvalue weighted by molar-refractivity contribution is 6.32. The summed E-state index contributed by atoms with van der Waals surface area (Å²) in [6.07, 6.45) is 1.12. The lowest BCUT2D eigenvalue weighted by molar-refractivity contribution is -0.134. The Hall–Kier alpha value is -3.13. The molecule has 4 N–H and O–H groups in total. The number of halogens is 1. The third-order valence-corrected chi connectivity index (χ3v) is 5.88. The number of phenols is 3. The van der Waals surface area contributed by atoms with Crippen molar-refractivity contribution >= 4 is 23.4 Å². The van der Waals surface area contributed by atoms with Crippen LogP contribution in [0.2, 0.25) is 5.02 Å². The summed E-state index contributed by atoms with van der Waals surface area (Å²) in [5.41, 5.74) is 1.81. The van der Waals surface area contributed by atoms with Crippen LogP contribution in [0.15, 0.2) is 24.3 Å².